The minimum atomic E-state index is -0.368. The fourth-order valence-electron chi connectivity index (χ4n) is 1.83. The lowest BCUT2D eigenvalue weighted by atomic mass is 10.1. The molecule has 0 bridgehead atoms. The molecule has 0 aliphatic heterocycles. The molecule has 2 rings (SSSR count). The summed E-state index contributed by atoms with van der Waals surface area (Å²) in [5, 5.41) is 17.1. The molecule has 0 fully saturated rings. The van der Waals surface area contributed by atoms with Crippen molar-refractivity contribution in [2.75, 3.05) is 5.32 Å². The number of nitrogens with one attached hydrogen (secondary N) is 1. The van der Waals surface area contributed by atoms with E-state index in [1.807, 2.05) is 19.2 Å². The Morgan fingerprint density at radius 2 is 2.16 bits per heavy atom. The maximum Gasteiger partial charge on any atom is 0.272 e. The highest BCUT2D eigenvalue weighted by Crippen LogP contribution is 2.26. The van der Waals surface area contributed by atoms with Crippen LogP contribution < -0.4 is 5.32 Å². The predicted molar refractivity (Wildman–Crippen MR) is 76.7 cm³/mol. The van der Waals surface area contributed by atoms with Gasteiger partial charge in [-0.2, -0.15) is 0 Å². The Kier molecular flexibility index (Phi) is 3.80. The molecule has 0 aliphatic rings. The molecule has 1 unspecified atom stereocenters. The van der Waals surface area contributed by atoms with Gasteiger partial charge in [-0.25, -0.2) is 4.98 Å². The van der Waals surface area contributed by atoms with Crippen LogP contribution >= 0.6 is 11.3 Å². The van der Waals surface area contributed by atoms with Gasteiger partial charge in [0, 0.05) is 28.4 Å². The first-order chi connectivity index (χ1) is 8.97. The molecule has 1 aromatic carbocycles. The normalized spacial score (nSPS) is 12.2. The topological polar surface area (TPSA) is 68.1 Å². The average molecular weight is 277 g/mol. The minimum Gasteiger partial charge on any atom is -0.376 e. The summed E-state index contributed by atoms with van der Waals surface area (Å²) in [5.41, 5.74) is 2.66. The van der Waals surface area contributed by atoms with Crippen LogP contribution in [-0.4, -0.2) is 9.91 Å². The number of hydrogen-bond acceptors (Lipinski definition) is 5. The lowest BCUT2D eigenvalue weighted by Crippen LogP contribution is -2.06. The smallest absolute Gasteiger partial charge is 0.272 e. The van der Waals surface area contributed by atoms with E-state index in [-0.39, 0.29) is 16.7 Å². The summed E-state index contributed by atoms with van der Waals surface area (Å²) in [4.78, 5) is 14.8. The summed E-state index contributed by atoms with van der Waals surface area (Å²) in [6.07, 6.45) is 0. The predicted octanol–water partition coefficient (Wildman–Crippen LogP) is 3.84. The van der Waals surface area contributed by atoms with Gasteiger partial charge in [-0.3, -0.25) is 10.1 Å². The SMILES string of the molecule is Cc1csc(C(C)Nc2ccc([N+](=O)[O-])c(C)c2)n1. The van der Waals surface area contributed by atoms with Crippen molar-refractivity contribution in [1.29, 1.82) is 0 Å². The quantitative estimate of drug-likeness (QED) is 0.681. The number of rotatable bonds is 4. The zero-order chi connectivity index (χ0) is 14.0. The van der Waals surface area contributed by atoms with Crippen LogP contribution in [0.2, 0.25) is 0 Å². The summed E-state index contributed by atoms with van der Waals surface area (Å²) in [5.74, 6) is 0. The van der Waals surface area contributed by atoms with E-state index in [1.54, 1.807) is 30.4 Å². The lowest BCUT2D eigenvalue weighted by Gasteiger charge is -2.13. The molecule has 0 aliphatic carbocycles. The summed E-state index contributed by atoms with van der Waals surface area (Å²) >= 11 is 1.61. The molecule has 1 aromatic heterocycles. The Morgan fingerprint density at radius 3 is 2.68 bits per heavy atom. The van der Waals surface area contributed by atoms with Crippen LogP contribution in [0.25, 0.3) is 0 Å². The molecular weight excluding hydrogens is 262 g/mol. The van der Waals surface area contributed by atoms with Crippen LogP contribution in [-0.2, 0) is 0 Å². The van der Waals surface area contributed by atoms with Crippen molar-refractivity contribution in [2.24, 2.45) is 0 Å². The van der Waals surface area contributed by atoms with Gasteiger partial charge in [0.2, 0.25) is 0 Å². The van der Waals surface area contributed by atoms with Gasteiger partial charge in [0.15, 0.2) is 0 Å². The van der Waals surface area contributed by atoms with Crippen molar-refractivity contribution in [1.82, 2.24) is 4.98 Å². The molecule has 0 saturated heterocycles. The Morgan fingerprint density at radius 1 is 1.42 bits per heavy atom. The Bertz CT molecular complexity index is 610. The van der Waals surface area contributed by atoms with E-state index < -0.39 is 0 Å². The van der Waals surface area contributed by atoms with Gasteiger partial charge in [-0.1, -0.05) is 0 Å². The van der Waals surface area contributed by atoms with E-state index in [4.69, 9.17) is 0 Å². The summed E-state index contributed by atoms with van der Waals surface area (Å²) in [6.45, 7) is 5.72. The first-order valence-electron chi connectivity index (χ1n) is 5.91. The van der Waals surface area contributed by atoms with E-state index in [9.17, 15) is 10.1 Å². The maximum absolute atomic E-state index is 10.8. The number of anilines is 1. The molecule has 100 valence electrons. The third-order valence-electron chi connectivity index (χ3n) is 2.78. The molecule has 0 radical (unpaired) electrons. The molecule has 0 saturated carbocycles. The van der Waals surface area contributed by atoms with Crippen molar-refractivity contribution in [3.63, 3.8) is 0 Å². The number of aryl methyl sites for hydroxylation is 2. The van der Waals surface area contributed by atoms with E-state index in [1.165, 1.54) is 6.07 Å². The van der Waals surface area contributed by atoms with Gasteiger partial charge in [-0.05, 0) is 32.9 Å². The standard InChI is InChI=1S/C13H15N3O2S/c1-8-6-11(4-5-12(8)16(17)18)15-10(3)13-14-9(2)7-19-13/h4-7,10,15H,1-3H3. The third-order valence-corrected chi connectivity index (χ3v) is 3.93. The molecule has 1 atom stereocenters. The van der Waals surface area contributed by atoms with Gasteiger partial charge in [0.25, 0.3) is 5.69 Å². The van der Waals surface area contributed by atoms with E-state index in [2.05, 4.69) is 10.3 Å². The van der Waals surface area contributed by atoms with Crippen LogP contribution in [0.4, 0.5) is 11.4 Å². The van der Waals surface area contributed by atoms with Crippen LogP contribution in [0.3, 0.4) is 0 Å². The number of nitro groups is 1. The molecule has 1 N–H and O–H groups in total. The van der Waals surface area contributed by atoms with Gasteiger partial charge >= 0.3 is 0 Å². The molecule has 1 heterocycles. The van der Waals surface area contributed by atoms with E-state index >= 15 is 0 Å². The Labute approximate surface area is 115 Å². The molecule has 6 heteroatoms. The van der Waals surface area contributed by atoms with Crippen molar-refractivity contribution in [3.8, 4) is 0 Å². The highest BCUT2D eigenvalue weighted by atomic mass is 32.1. The third kappa shape index (κ3) is 3.08. The average Bonchev–Trinajstić information content (AvgIpc) is 2.75. The van der Waals surface area contributed by atoms with Crippen LogP contribution in [0.1, 0.15) is 29.2 Å². The fraction of sp³-hybridized carbons (Fsp3) is 0.308. The highest BCUT2D eigenvalue weighted by molar-refractivity contribution is 7.09. The van der Waals surface area contributed by atoms with Crippen molar-refractivity contribution < 1.29 is 4.92 Å². The van der Waals surface area contributed by atoms with Gasteiger partial charge in [0.05, 0.1) is 11.0 Å². The summed E-state index contributed by atoms with van der Waals surface area (Å²) in [7, 11) is 0. The molecule has 0 spiro atoms. The zero-order valence-corrected chi connectivity index (χ0v) is 11.8. The number of thiazole rings is 1. The second kappa shape index (κ2) is 5.36. The monoisotopic (exact) mass is 277 g/mol. The maximum atomic E-state index is 10.8. The fourth-order valence-corrected chi connectivity index (χ4v) is 2.64. The highest BCUT2D eigenvalue weighted by Gasteiger charge is 2.13. The molecule has 5 nitrogen and oxygen atoms in total. The van der Waals surface area contributed by atoms with E-state index in [0.29, 0.717) is 5.56 Å². The van der Waals surface area contributed by atoms with Crippen LogP contribution in [0.5, 0.6) is 0 Å². The van der Waals surface area contributed by atoms with Gasteiger partial charge < -0.3 is 5.32 Å². The lowest BCUT2D eigenvalue weighted by molar-refractivity contribution is -0.385. The molecular formula is C13H15N3O2S. The Balaban J connectivity index is 2.15. The minimum absolute atomic E-state index is 0.0829. The number of nitrogens with zero attached hydrogens (tertiary/aromatic N) is 2. The molecule has 0 amide bonds. The number of hydrogen-bond donors (Lipinski definition) is 1. The van der Waals surface area contributed by atoms with E-state index in [0.717, 1.165) is 16.4 Å². The first kappa shape index (κ1) is 13.5. The zero-order valence-electron chi connectivity index (χ0n) is 11.0. The Hall–Kier alpha value is -1.95. The summed E-state index contributed by atoms with van der Waals surface area (Å²) in [6, 6.07) is 5.12. The van der Waals surface area contributed by atoms with Crippen LogP contribution in [0.15, 0.2) is 23.6 Å². The van der Waals surface area contributed by atoms with Crippen molar-refractivity contribution in [2.45, 2.75) is 26.8 Å². The first-order valence-corrected chi connectivity index (χ1v) is 6.79. The largest absolute Gasteiger partial charge is 0.376 e. The molecule has 2 aromatic rings. The molecule has 19 heavy (non-hydrogen) atoms. The van der Waals surface area contributed by atoms with Crippen molar-refractivity contribution in [3.05, 3.63) is 50.0 Å². The van der Waals surface area contributed by atoms with Crippen molar-refractivity contribution >= 4 is 22.7 Å². The second-order valence-electron chi connectivity index (χ2n) is 4.45. The van der Waals surface area contributed by atoms with Gasteiger partial charge in [-0.15, -0.1) is 11.3 Å². The number of aromatic nitrogens is 1. The number of nitro benzene ring substituents is 1. The number of benzene rings is 1. The van der Waals surface area contributed by atoms with Gasteiger partial charge in [0.1, 0.15) is 5.01 Å². The van der Waals surface area contributed by atoms with Crippen LogP contribution in [0, 0.1) is 24.0 Å². The second-order valence-corrected chi connectivity index (χ2v) is 5.34. The summed E-state index contributed by atoms with van der Waals surface area (Å²) < 4.78 is 0.